The zero-order valence-electron chi connectivity index (χ0n) is 11.0. The minimum atomic E-state index is -0.204. The van der Waals surface area contributed by atoms with Gasteiger partial charge in [0.1, 0.15) is 11.3 Å². The quantitative estimate of drug-likeness (QED) is 0.729. The molecule has 1 heterocycles. The first-order valence-electron chi connectivity index (χ1n) is 6.27. The zero-order valence-corrected chi connectivity index (χ0v) is 11.0. The molecule has 0 radical (unpaired) electrons. The van der Waals surface area contributed by atoms with Crippen LogP contribution in [0.25, 0.3) is 10.9 Å². The molecule has 0 aliphatic rings. The van der Waals surface area contributed by atoms with Gasteiger partial charge in [0.2, 0.25) is 0 Å². The van der Waals surface area contributed by atoms with Crippen LogP contribution < -0.4 is 10.3 Å². The minimum absolute atomic E-state index is 0.0432. The van der Waals surface area contributed by atoms with Crippen LogP contribution in [0.15, 0.2) is 53.3 Å². The Morgan fingerprint density at radius 3 is 2.70 bits per heavy atom. The topological polar surface area (TPSA) is 57.0 Å². The standard InChI is InChI=1S/C15H13N3O2/c1-11-6-2-5-9-14(11)20-10-18-15(19)12-7-3-4-8-13(12)16-17-18/h2-9H,10H2,1H3. The molecule has 0 unspecified atom stereocenters. The van der Waals surface area contributed by atoms with Crippen molar-refractivity contribution in [2.75, 3.05) is 0 Å². The van der Waals surface area contributed by atoms with Crippen LogP contribution in [-0.2, 0) is 6.73 Å². The van der Waals surface area contributed by atoms with Crippen molar-refractivity contribution < 1.29 is 4.74 Å². The monoisotopic (exact) mass is 267 g/mol. The first-order chi connectivity index (χ1) is 9.75. The van der Waals surface area contributed by atoms with Gasteiger partial charge in [-0.3, -0.25) is 4.79 Å². The molecule has 20 heavy (non-hydrogen) atoms. The molecule has 5 heteroatoms. The van der Waals surface area contributed by atoms with Crippen LogP contribution in [0.4, 0.5) is 0 Å². The van der Waals surface area contributed by atoms with Gasteiger partial charge in [0, 0.05) is 0 Å². The number of rotatable bonds is 3. The first kappa shape index (κ1) is 12.3. The summed E-state index contributed by atoms with van der Waals surface area (Å²) in [5.74, 6) is 0.731. The summed E-state index contributed by atoms with van der Waals surface area (Å²) in [5.41, 5.74) is 1.39. The van der Waals surface area contributed by atoms with E-state index in [0.717, 1.165) is 11.3 Å². The van der Waals surface area contributed by atoms with E-state index in [4.69, 9.17) is 4.74 Å². The van der Waals surface area contributed by atoms with Crippen LogP contribution in [0, 0.1) is 6.92 Å². The lowest BCUT2D eigenvalue weighted by Gasteiger charge is -2.09. The number of hydrogen-bond acceptors (Lipinski definition) is 4. The molecule has 0 aliphatic carbocycles. The number of aryl methyl sites for hydroxylation is 1. The maximum atomic E-state index is 12.2. The van der Waals surface area contributed by atoms with Crippen LogP contribution in [0.3, 0.4) is 0 Å². The third kappa shape index (κ3) is 2.25. The van der Waals surface area contributed by atoms with Gasteiger partial charge < -0.3 is 4.74 Å². The second kappa shape index (κ2) is 5.13. The highest BCUT2D eigenvalue weighted by atomic mass is 16.5. The molecule has 0 N–H and O–H groups in total. The van der Waals surface area contributed by atoms with Crippen LogP contribution in [0.5, 0.6) is 5.75 Å². The summed E-state index contributed by atoms with van der Waals surface area (Å²) >= 11 is 0. The van der Waals surface area contributed by atoms with E-state index in [9.17, 15) is 4.79 Å². The Kier molecular flexibility index (Phi) is 3.16. The predicted octanol–water partition coefficient (Wildman–Crippen LogP) is 2.14. The number of para-hydroxylation sites is 1. The summed E-state index contributed by atoms with van der Waals surface area (Å²) in [6, 6.07) is 14.7. The SMILES string of the molecule is Cc1ccccc1OCn1nnc2ccccc2c1=O. The first-order valence-corrected chi connectivity index (χ1v) is 6.27. The molecule has 0 saturated heterocycles. The Morgan fingerprint density at radius 1 is 1.10 bits per heavy atom. The summed E-state index contributed by atoms with van der Waals surface area (Å²) in [6.45, 7) is 1.99. The molecule has 0 spiro atoms. The lowest BCUT2D eigenvalue weighted by atomic mass is 10.2. The molecule has 1 aromatic heterocycles. The van der Waals surface area contributed by atoms with E-state index in [2.05, 4.69) is 10.3 Å². The van der Waals surface area contributed by atoms with Gasteiger partial charge in [-0.25, -0.2) is 0 Å². The minimum Gasteiger partial charge on any atom is -0.471 e. The van der Waals surface area contributed by atoms with Gasteiger partial charge in [-0.15, -0.1) is 5.10 Å². The smallest absolute Gasteiger partial charge is 0.280 e. The summed E-state index contributed by atoms with van der Waals surface area (Å²) in [7, 11) is 0. The maximum Gasteiger partial charge on any atom is 0.280 e. The number of ether oxygens (including phenoxy) is 1. The van der Waals surface area contributed by atoms with Crippen LogP contribution in [-0.4, -0.2) is 15.0 Å². The average Bonchev–Trinajstić information content (AvgIpc) is 2.48. The number of hydrogen-bond donors (Lipinski definition) is 0. The number of nitrogens with zero attached hydrogens (tertiary/aromatic N) is 3. The van der Waals surface area contributed by atoms with E-state index < -0.39 is 0 Å². The highest BCUT2D eigenvalue weighted by Crippen LogP contribution is 2.16. The normalized spacial score (nSPS) is 10.7. The number of aromatic nitrogens is 3. The van der Waals surface area contributed by atoms with E-state index >= 15 is 0 Å². The maximum absolute atomic E-state index is 12.2. The third-order valence-electron chi connectivity index (χ3n) is 3.07. The molecule has 0 atom stereocenters. The molecule has 3 aromatic rings. The molecule has 100 valence electrons. The highest BCUT2D eigenvalue weighted by Gasteiger charge is 2.05. The average molecular weight is 267 g/mol. The van der Waals surface area contributed by atoms with Crippen molar-refractivity contribution in [2.45, 2.75) is 13.7 Å². The Labute approximate surface area is 115 Å². The molecule has 0 amide bonds. The van der Waals surface area contributed by atoms with Crippen molar-refractivity contribution in [1.29, 1.82) is 0 Å². The molecular formula is C15H13N3O2. The van der Waals surface area contributed by atoms with Gasteiger partial charge in [0.05, 0.1) is 5.39 Å². The molecule has 0 aliphatic heterocycles. The lowest BCUT2D eigenvalue weighted by molar-refractivity contribution is 0.209. The van der Waals surface area contributed by atoms with E-state index in [1.54, 1.807) is 18.2 Å². The summed E-state index contributed by atoms with van der Waals surface area (Å²) < 4.78 is 6.83. The van der Waals surface area contributed by atoms with Gasteiger partial charge in [-0.05, 0) is 30.7 Å². The lowest BCUT2D eigenvalue weighted by Crippen LogP contribution is -2.26. The van der Waals surface area contributed by atoms with Crippen molar-refractivity contribution >= 4 is 10.9 Å². The molecular weight excluding hydrogens is 254 g/mol. The van der Waals surface area contributed by atoms with Crippen LogP contribution in [0.1, 0.15) is 5.56 Å². The summed E-state index contributed by atoms with van der Waals surface area (Å²) in [5, 5.41) is 8.43. The van der Waals surface area contributed by atoms with Gasteiger partial charge in [-0.1, -0.05) is 35.5 Å². The van der Waals surface area contributed by atoms with Crippen molar-refractivity contribution in [3.05, 3.63) is 64.4 Å². The highest BCUT2D eigenvalue weighted by molar-refractivity contribution is 5.76. The predicted molar refractivity (Wildman–Crippen MR) is 75.6 cm³/mol. The van der Waals surface area contributed by atoms with Crippen molar-refractivity contribution in [1.82, 2.24) is 15.0 Å². The molecule has 0 saturated carbocycles. The molecule has 0 fully saturated rings. The fraction of sp³-hybridized carbons (Fsp3) is 0.133. The second-order valence-corrected chi connectivity index (χ2v) is 4.45. The van der Waals surface area contributed by atoms with Gasteiger partial charge in [0.25, 0.3) is 5.56 Å². The van der Waals surface area contributed by atoms with Crippen molar-refractivity contribution in [3.8, 4) is 5.75 Å². The molecule has 3 rings (SSSR count). The second-order valence-electron chi connectivity index (χ2n) is 4.45. The van der Waals surface area contributed by atoms with Gasteiger partial charge in [0.15, 0.2) is 6.73 Å². The van der Waals surface area contributed by atoms with E-state index in [1.165, 1.54) is 4.68 Å². The van der Waals surface area contributed by atoms with Crippen LogP contribution >= 0.6 is 0 Å². The fourth-order valence-corrected chi connectivity index (χ4v) is 1.96. The van der Waals surface area contributed by atoms with Gasteiger partial charge in [-0.2, -0.15) is 4.68 Å². The molecule has 2 aromatic carbocycles. The Balaban J connectivity index is 1.90. The zero-order chi connectivity index (χ0) is 13.9. The van der Waals surface area contributed by atoms with Crippen molar-refractivity contribution in [2.24, 2.45) is 0 Å². The largest absolute Gasteiger partial charge is 0.471 e. The van der Waals surface area contributed by atoms with Gasteiger partial charge >= 0.3 is 0 Å². The Morgan fingerprint density at radius 2 is 1.85 bits per heavy atom. The van der Waals surface area contributed by atoms with E-state index in [1.807, 2.05) is 37.3 Å². The number of fused-ring (bicyclic) bond motifs is 1. The summed E-state index contributed by atoms with van der Waals surface area (Å²) in [4.78, 5) is 12.2. The Hall–Kier alpha value is -2.69. The van der Waals surface area contributed by atoms with E-state index in [0.29, 0.717) is 10.9 Å². The van der Waals surface area contributed by atoms with Crippen LogP contribution in [0.2, 0.25) is 0 Å². The Bertz CT molecular complexity index is 811. The molecule has 0 bridgehead atoms. The molecule has 5 nitrogen and oxygen atoms in total. The number of benzene rings is 2. The summed E-state index contributed by atoms with van der Waals surface area (Å²) in [6.07, 6.45) is 0. The third-order valence-corrected chi connectivity index (χ3v) is 3.07. The van der Waals surface area contributed by atoms with Crippen molar-refractivity contribution in [3.63, 3.8) is 0 Å². The van der Waals surface area contributed by atoms with E-state index in [-0.39, 0.29) is 12.3 Å². The fourth-order valence-electron chi connectivity index (χ4n) is 1.96.